The van der Waals surface area contributed by atoms with Gasteiger partial charge in [-0.05, 0) is 81.8 Å². The SMILES string of the molecule is CN=C(SC)c1cn(C2CCC(C3CCN(CC(C)=O)CC3)C2)c2nc(Cl)nc(N)c12. The first-order valence-corrected chi connectivity index (χ1v) is 12.6. The van der Waals surface area contributed by atoms with Crippen LogP contribution >= 0.6 is 23.4 Å². The normalized spacial score (nSPS) is 23.7. The van der Waals surface area contributed by atoms with Crippen molar-refractivity contribution in [1.82, 2.24) is 19.4 Å². The van der Waals surface area contributed by atoms with Gasteiger partial charge in [0.25, 0.3) is 0 Å². The molecule has 1 aliphatic carbocycles. The van der Waals surface area contributed by atoms with Gasteiger partial charge in [0.1, 0.15) is 17.2 Å². The molecule has 0 spiro atoms. The number of rotatable bonds is 5. The monoisotopic (exact) mass is 462 g/mol. The molecule has 9 heteroatoms. The van der Waals surface area contributed by atoms with E-state index in [0.717, 1.165) is 53.5 Å². The minimum absolute atomic E-state index is 0.183. The van der Waals surface area contributed by atoms with Crippen molar-refractivity contribution >= 4 is 51.0 Å². The van der Waals surface area contributed by atoms with Crippen molar-refractivity contribution in [2.75, 3.05) is 38.7 Å². The molecule has 31 heavy (non-hydrogen) atoms. The number of hydrogen-bond acceptors (Lipinski definition) is 7. The Labute approximate surface area is 192 Å². The number of hydrogen-bond donors (Lipinski definition) is 1. The highest BCUT2D eigenvalue weighted by molar-refractivity contribution is 8.13. The number of halogens is 1. The van der Waals surface area contributed by atoms with Gasteiger partial charge >= 0.3 is 0 Å². The van der Waals surface area contributed by atoms with Crippen LogP contribution in [-0.2, 0) is 4.79 Å². The number of anilines is 1. The number of piperidine rings is 1. The van der Waals surface area contributed by atoms with Crippen molar-refractivity contribution in [3.63, 3.8) is 0 Å². The average Bonchev–Trinajstić information content (AvgIpc) is 3.34. The van der Waals surface area contributed by atoms with Gasteiger partial charge in [-0.15, -0.1) is 11.8 Å². The lowest BCUT2D eigenvalue weighted by Crippen LogP contribution is -2.38. The van der Waals surface area contributed by atoms with Crippen molar-refractivity contribution in [3.8, 4) is 0 Å². The fourth-order valence-corrected chi connectivity index (χ4v) is 6.21. The highest BCUT2D eigenvalue weighted by Gasteiger charge is 2.35. The number of Topliss-reactive ketones (excluding diaryl/α,β-unsaturated/α-hetero) is 1. The molecule has 2 fully saturated rings. The second-order valence-corrected chi connectivity index (χ2v) is 9.93. The van der Waals surface area contributed by atoms with Crippen LogP contribution in [0.1, 0.15) is 50.6 Å². The molecule has 2 N–H and O–H groups in total. The molecule has 1 saturated carbocycles. The number of thioether (sulfide) groups is 1. The van der Waals surface area contributed by atoms with E-state index in [-0.39, 0.29) is 11.1 Å². The van der Waals surface area contributed by atoms with Crippen LogP contribution in [-0.4, -0.2) is 63.2 Å². The summed E-state index contributed by atoms with van der Waals surface area (Å²) in [5.74, 6) is 2.11. The summed E-state index contributed by atoms with van der Waals surface area (Å²) < 4.78 is 2.26. The number of aromatic nitrogens is 3. The van der Waals surface area contributed by atoms with Gasteiger partial charge in [0.2, 0.25) is 5.28 Å². The zero-order valence-electron chi connectivity index (χ0n) is 18.5. The molecule has 168 valence electrons. The summed E-state index contributed by atoms with van der Waals surface area (Å²) in [6.45, 7) is 4.34. The van der Waals surface area contributed by atoms with Gasteiger partial charge in [-0.1, -0.05) is 0 Å². The van der Waals surface area contributed by atoms with Crippen molar-refractivity contribution in [3.05, 3.63) is 17.0 Å². The summed E-state index contributed by atoms with van der Waals surface area (Å²) in [6, 6.07) is 0.377. The van der Waals surface area contributed by atoms with Crippen LogP contribution in [0.25, 0.3) is 11.0 Å². The number of nitrogen functional groups attached to an aromatic ring is 1. The Balaban J connectivity index is 1.56. The van der Waals surface area contributed by atoms with E-state index >= 15 is 0 Å². The number of nitrogens with two attached hydrogens (primary N) is 1. The summed E-state index contributed by atoms with van der Waals surface area (Å²) in [5, 5.41) is 1.96. The van der Waals surface area contributed by atoms with Gasteiger partial charge in [0, 0.05) is 24.8 Å². The van der Waals surface area contributed by atoms with Crippen LogP contribution in [0, 0.1) is 11.8 Å². The van der Waals surface area contributed by atoms with E-state index in [4.69, 9.17) is 17.3 Å². The maximum atomic E-state index is 11.4. The highest BCUT2D eigenvalue weighted by Crippen LogP contribution is 2.44. The number of carbonyl (C=O) groups is 1. The lowest BCUT2D eigenvalue weighted by atomic mass is 9.83. The molecule has 2 unspecified atom stereocenters. The minimum atomic E-state index is 0.183. The van der Waals surface area contributed by atoms with Crippen LogP contribution in [0.2, 0.25) is 5.28 Å². The van der Waals surface area contributed by atoms with E-state index in [1.165, 1.54) is 19.3 Å². The molecular formula is C22H31ClN6OS. The maximum absolute atomic E-state index is 11.4. The number of fused-ring (bicyclic) bond motifs is 1. The van der Waals surface area contributed by atoms with Crippen LogP contribution in [0.4, 0.5) is 5.82 Å². The second-order valence-electron chi connectivity index (χ2n) is 8.80. The molecular weight excluding hydrogens is 432 g/mol. The van der Waals surface area contributed by atoms with Crippen LogP contribution < -0.4 is 5.73 Å². The minimum Gasteiger partial charge on any atom is -0.383 e. The molecule has 1 saturated heterocycles. The Hall–Kier alpha value is -1.64. The highest BCUT2D eigenvalue weighted by atomic mass is 35.5. The third-order valence-electron chi connectivity index (χ3n) is 6.88. The predicted octanol–water partition coefficient (Wildman–Crippen LogP) is 4.05. The molecule has 4 rings (SSSR count). The maximum Gasteiger partial charge on any atom is 0.226 e. The Morgan fingerprint density at radius 3 is 2.65 bits per heavy atom. The Morgan fingerprint density at radius 1 is 1.26 bits per heavy atom. The third kappa shape index (κ3) is 4.61. The molecule has 2 aliphatic rings. The zero-order valence-corrected chi connectivity index (χ0v) is 20.0. The summed E-state index contributed by atoms with van der Waals surface area (Å²) in [5.41, 5.74) is 8.06. The predicted molar refractivity (Wildman–Crippen MR) is 129 cm³/mol. The van der Waals surface area contributed by atoms with Crippen molar-refractivity contribution in [2.45, 2.75) is 45.1 Å². The van der Waals surface area contributed by atoms with E-state index < -0.39 is 0 Å². The molecule has 7 nitrogen and oxygen atoms in total. The summed E-state index contributed by atoms with van der Waals surface area (Å²) in [7, 11) is 1.80. The van der Waals surface area contributed by atoms with Gasteiger partial charge in [0.05, 0.1) is 17.0 Å². The zero-order chi connectivity index (χ0) is 22.1. The molecule has 2 atom stereocenters. The van der Waals surface area contributed by atoms with E-state index in [9.17, 15) is 4.79 Å². The fraction of sp³-hybridized carbons (Fsp3) is 0.636. The number of carbonyl (C=O) groups excluding carboxylic acids is 1. The van der Waals surface area contributed by atoms with Gasteiger partial charge in [-0.3, -0.25) is 14.7 Å². The number of aliphatic imine (C=N–C) groups is 1. The van der Waals surface area contributed by atoms with E-state index in [1.807, 2.05) is 6.26 Å². The van der Waals surface area contributed by atoms with Gasteiger partial charge in [0.15, 0.2) is 0 Å². The first-order chi connectivity index (χ1) is 14.9. The van der Waals surface area contributed by atoms with E-state index in [1.54, 1.807) is 25.7 Å². The summed E-state index contributed by atoms with van der Waals surface area (Å²) in [6.07, 6.45) is 10.0. The number of ketones is 1. The Bertz CT molecular complexity index is 998. The Morgan fingerprint density at radius 2 is 2.00 bits per heavy atom. The van der Waals surface area contributed by atoms with Crippen molar-refractivity contribution in [2.24, 2.45) is 16.8 Å². The standard InChI is InChI=1S/C22H31ClN6OS/c1-13(30)11-28-8-6-14(7-9-28)15-4-5-16(10-15)29-12-17(21(25-2)31-3)18-19(24)26-22(23)27-20(18)29/h12,14-16H,4-11H2,1-3H3,(H2,24,26,27). The molecule has 2 aromatic rings. The quantitative estimate of drug-likeness (QED) is 0.409. The molecule has 0 radical (unpaired) electrons. The lowest BCUT2D eigenvalue weighted by Gasteiger charge is -2.34. The Kier molecular flexibility index (Phi) is 6.89. The van der Waals surface area contributed by atoms with Gasteiger partial charge < -0.3 is 10.3 Å². The van der Waals surface area contributed by atoms with Crippen LogP contribution in [0.15, 0.2) is 11.2 Å². The molecule has 0 aromatic carbocycles. The third-order valence-corrected chi connectivity index (χ3v) is 7.84. The first kappa shape index (κ1) is 22.6. The van der Waals surface area contributed by atoms with E-state index in [2.05, 4.69) is 30.6 Å². The van der Waals surface area contributed by atoms with Crippen LogP contribution in [0.3, 0.4) is 0 Å². The van der Waals surface area contributed by atoms with Gasteiger partial charge in [-0.2, -0.15) is 4.98 Å². The van der Waals surface area contributed by atoms with Crippen molar-refractivity contribution < 1.29 is 4.79 Å². The number of likely N-dealkylation sites (tertiary alicyclic amines) is 1. The van der Waals surface area contributed by atoms with E-state index in [0.29, 0.717) is 24.3 Å². The topological polar surface area (TPSA) is 89.4 Å². The largest absolute Gasteiger partial charge is 0.383 e. The van der Waals surface area contributed by atoms with Crippen LogP contribution in [0.5, 0.6) is 0 Å². The summed E-state index contributed by atoms with van der Waals surface area (Å²) >= 11 is 7.78. The molecule has 0 amide bonds. The second kappa shape index (κ2) is 9.46. The molecule has 0 bridgehead atoms. The molecule has 1 aliphatic heterocycles. The van der Waals surface area contributed by atoms with Crippen molar-refractivity contribution in [1.29, 1.82) is 0 Å². The number of nitrogens with zero attached hydrogens (tertiary/aromatic N) is 5. The molecule has 2 aromatic heterocycles. The van der Waals surface area contributed by atoms with Gasteiger partial charge in [-0.25, -0.2) is 4.98 Å². The first-order valence-electron chi connectivity index (χ1n) is 11.0. The summed E-state index contributed by atoms with van der Waals surface area (Å²) in [4.78, 5) is 26.9. The smallest absolute Gasteiger partial charge is 0.226 e. The average molecular weight is 463 g/mol. The fourth-order valence-electron chi connectivity index (χ4n) is 5.48. The molecule has 3 heterocycles. The lowest BCUT2D eigenvalue weighted by molar-refractivity contribution is -0.118.